The van der Waals surface area contributed by atoms with Gasteiger partial charge in [-0.2, -0.15) is 0 Å². The highest BCUT2D eigenvalue weighted by molar-refractivity contribution is 6.42. The van der Waals surface area contributed by atoms with Crippen molar-refractivity contribution < 1.29 is 19.2 Å². The maximum Gasteiger partial charge on any atom is 0.253 e. The first kappa shape index (κ1) is 11.7. The van der Waals surface area contributed by atoms with Crippen molar-refractivity contribution in [3.8, 4) is 0 Å². The zero-order valence-electron chi connectivity index (χ0n) is 9.10. The van der Waals surface area contributed by atoms with Crippen LogP contribution in [0.2, 0.25) is 0 Å². The zero-order chi connectivity index (χ0) is 13.4. The van der Waals surface area contributed by atoms with Gasteiger partial charge < -0.3 is 11.5 Å². The first-order valence-corrected chi connectivity index (χ1v) is 4.97. The molecule has 0 heterocycles. The topological polar surface area (TPSA) is 120 Å². The summed E-state index contributed by atoms with van der Waals surface area (Å²) in [5.41, 5.74) is 8.85. The molecule has 90 valence electrons. The lowest BCUT2D eigenvalue weighted by Crippen LogP contribution is -2.35. The Morgan fingerprint density at radius 2 is 1.11 bits per heavy atom. The van der Waals surface area contributed by atoms with E-state index in [1.165, 1.54) is 24.3 Å². The van der Waals surface area contributed by atoms with E-state index in [4.69, 9.17) is 11.5 Å². The first-order valence-electron chi connectivity index (χ1n) is 4.97. The van der Waals surface area contributed by atoms with Crippen molar-refractivity contribution >= 4 is 23.4 Å². The molecule has 2 rings (SSSR count). The predicted molar refractivity (Wildman–Crippen MR) is 60.5 cm³/mol. The molecule has 0 atom stereocenters. The molecule has 0 unspecified atom stereocenters. The SMILES string of the molecule is NC(=O)C1=C(C(N)=O)C(=O)c2ccccc2C1=O. The van der Waals surface area contributed by atoms with E-state index in [9.17, 15) is 19.2 Å². The normalized spacial score (nSPS) is 14.4. The molecular formula is C12H8N2O4. The first-order chi connectivity index (χ1) is 8.45. The highest BCUT2D eigenvalue weighted by atomic mass is 16.2. The van der Waals surface area contributed by atoms with Crippen LogP contribution in [0, 0.1) is 0 Å². The highest BCUT2D eigenvalue weighted by Gasteiger charge is 2.37. The molecule has 2 amide bonds. The summed E-state index contributed by atoms with van der Waals surface area (Å²) in [5, 5.41) is 0. The van der Waals surface area contributed by atoms with Crippen molar-refractivity contribution in [1.29, 1.82) is 0 Å². The van der Waals surface area contributed by atoms with Crippen LogP contribution in [0.1, 0.15) is 20.7 Å². The van der Waals surface area contributed by atoms with Gasteiger partial charge in [0.15, 0.2) is 11.6 Å². The molecule has 6 heteroatoms. The average Bonchev–Trinajstić information content (AvgIpc) is 2.32. The molecule has 0 bridgehead atoms. The van der Waals surface area contributed by atoms with Crippen LogP contribution in [-0.4, -0.2) is 23.4 Å². The van der Waals surface area contributed by atoms with Gasteiger partial charge in [-0.1, -0.05) is 24.3 Å². The number of carbonyl (C=O) groups is 4. The number of nitrogens with two attached hydrogens (primary N) is 2. The van der Waals surface area contributed by atoms with Crippen LogP contribution in [0.5, 0.6) is 0 Å². The van der Waals surface area contributed by atoms with Crippen molar-refractivity contribution in [3.05, 3.63) is 46.5 Å². The van der Waals surface area contributed by atoms with Gasteiger partial charge in [0.05, 0.1) is 0 Å². The van der Waals surface area contributed by atoms with E-state index < -0.39 is 34.5 Å². The molecule has 0 aromatic heterocycles. The molecule has 0 spiro atoms. The monoisotopic (exact) mass is 244 g/mol. The number of primary amides is 2. The van der Waals surface area contributed by atoms with Crippen LogP contribution in [0.4, 0.5) is 0 Å². The zero-order valence-corrected chi connectivity index (χ0v) is 9.10. The standard InChI is InChI=1S/C12H8N2O4/c13-11(17)7-8(12(14)18)10(16)6-4-2-1-3-5(6)9(7)15/h1-4H,(H2,13,17)(H2,14,18). The number of ketones is 2. The van der Waals surface area contributed by atoms with Gasteiger partial charge in [-0.3, -0.25) is 19.2 Å². The lowest BCUT2D eigenvalue weighted by atomic mass is 9.83. The number of benzene rings is 1. The number of carbonyl (C=O) groups excluding carboxylic acids is 4. The minimum absolute atomic E-state index is 0.0429. The van der Waals surface area contributed by atoms with Gasteiger partial charge in [0.1, 0.15) is 11.1 Å². The Morgan fingerprint density at radius 3 is 1.39 bits per heavy atom. The van der Waals surface area contributed by atoms with Gasteiger partial charge >= 0.3 is 0 Å². The summed E-state index contributed by atoms with van der Waals surface area (Å²) in [4.78, 5) is 46.4. The molecule has 4 N–H and O–H groups in total. The third kappa shape index (κ3) is 1.51. The Hall–Kier alpha value is -2.76. The fourth-order valence-electron chi connectivity index (χ4n) is 1.85. The lowest BCUT2D eigenvalue weighted by Gasteiger charge is -2.16. The fourth-order valence-corrected chi connectivity index (χ4v) is 1.85. The number of amides is 2. The van der Waals surface area contributed by atoms with Crippen LogP contribution in [0.25, 0.3) is 0 Å². The average molecular weight is 244 g/mol. The minimum atomic E-state index is -1.14. The third-order valence-corrected chi connectivity index (χ3v) is 2.61. The van der Waals surface area contributed by atoms with Crippen LogP contribution in [0.15, 0.2) is 35.4 Å². The predicted octanol–water partition coefficient (Wildman–Crippen LogP) is -0.667. The molecule has 0 aliphatic heterocycles. The van der Waals surface area contributed by atoms with Crippen molar-refractivity contribution in [2.75, 3.05) is 0 Å². The van der Waals surface area contributed by atoms with Gasteiger partial charge in [-0.15, -0.1) is 0 Å². The summed E-state index contributed by atoms with van der Waals surface area (Å²) in [5.74, 6) is -3.80. The molecule has 1 aliphatic rings. The number of fused-ring (bicyclic) bond motifs is 1. The van der Waals surface area contributed by atoms with E-state index in [2.05, 4.69) is 0 Å². The molecule has 0 fully saturated rings. The summed E-state index contributed by atoms with van der Waals surface area (Å²) in [6.07, 6.45) is 0. The summed E-state index contributed by atoms with van der Waals surface area (Å²) in [6, 6.07) is 5.85. The lowest BCUT2D eigenvalue weighted by molar-refractivity contribution is -0.116. The van der Waals surface area contributed by atoms with Crippen LogP contribution < -0.4 is 11.5 Å². The highest BCUT2D eigenvalue weighted by Crippen LogP contribution is 2.25. The summed E-state index contributed by atoms with van der Waals surface area (Å²) in [7, 11) is 0. The summed E-state index contributed by atoms with van der Waals surface area (Å²) >= 11 is 0. The fraction of sp³-hybridized carbons (Fsp3) is 0. The number of hydrogen-bond acceptors (Lipinski definition) is 4. The molecule has 1 aliphatic carbocycles. The maximum absolute atomic E-state index is 12.0. The number of rotatable bonds is 2. The maximum atomic E-state index is 12.0. The number of Topliss-reactive ketones (excluding diaryl/α,β-unsaturated/α-hetero) is 2. The minimum Gasteiger partial charge on any atom is -0.365 e. The van der Waals surface area contributed by atoms with E-state index >= 15 is 0 Å². The second-order valence-corrected chi connectivity index (χ2v) is 3.68. The van der Waals surface area contributed by atoms with Crippen LogP contribution >= 0.6 is 0 Å². The second kappa shape index (κ2) is 3.92. The van der Waals surface area contributed by atoms with Crippen molar-refractivity contribution in [2.45, 2.75) is 0 Å². The second-order valence-electron chi connectivity index (χ2n) is 3.68. The van der Waals surface area contributed by atoms with E-state index in [1.54, 1.807) is 0 Å². The Kier molecular flexibility index (Phi) is 2.55. The number of hydrogen-bond donors (Lipinski definition) is 2. The van der Waals surface area contributed by atoms with Gasteiger partial charge in [-0.05, 0) is 0 Å². The van der Waals surface area contributed by atoms with Gasteiger partial charge in [0, 0.05) is 11.1 Å². The van der Waals surface area contributed by atoms with Crippen molar-refractivity contribution in [2.24, 2.45) is 11.5 Å². The van der Waals surface area contributed by atoms with Gasteiger partial charge in [0.25, 0.3) is 11.8 Å². The molecule has 18 heavy (non-hydrogen) atoms. The molecule has 1 aromatic carbocycles. The van der Waals surface area contributed by atoms with E-state index in [-0.39, 0.29) is 11.1 Å². The Bertz CT molecular complexity index is 588. The summed E-state index contributed by atoms with van der Waals surface area (Å²) < 4.78 is 0. The van der Waals surface area contributed by atoms with Crippen LogP contribution in [-0.2, 0) is 9.59 Å². The van der Waals surface area contributed by atoms with Crippen molar-refractivity contribution in [1.82, 2.24) is 0 Å². The molecule has 1 aromatic rings. The third-order valence-electron chi connectivity index (χ3n) is 2.61. The Morgan fingerprint density at radius 1 is 0.778 bits per heavy atom. The molecule has 0 saturated carbocycles. The van der Waals surface area contributed by atoms with Gasteiger partial charge in [0.2, 0.25) is 0 Å². The largest absolute Gasteiger partial charge is 0.365 e. The Balaban J connectivity index is 2.80. The molecule has 0 radical (unpaired) electrons. The summed E-state index contributed by atoms with van der Waals surface area (Å²) in [6.45, 7) is 0. The quantitative estimate of drug-likeness (QED) is 0.670. The van der Waals surface area contributed by atoms with E-state index in [0.29, 0.717) is 0 Å². The van der Waals surface area contributed by atoms with Crippen molar-refractivity contribution in [3.63, 3.8) is 0 Å². The molecular weight excluding hydrogens is 236 g/mol. The Labute approximate surface area is 101 Å². The van der Waals surface area contributed by atoms with E-state index in [1.807, 2.05) is 0 Å². The molecule has 0 saturated heterocycles. The molecule has 6 nitrogen and oxygen atoms in total. The van der Waals surface area contributed by atoms with Crippen LogP contribution in [0.3, 0.4) is 0 Å². The van der Waals surface area contributed by atoms with Gasteiger partial charge in [-0.25, -0.2) is 0 Å². The van der Waals surface area contributed by atoms with E-state index in [0.717, 1.165) is 0 Å². The smallest absolute Gasteiger partial charge is 0.253 e.